The molecule has 16 heavy (non-hydrogen) atoms. The number of nitrogens with zero attached hydrogens (tertiary/aromatic N) is 1. The third kappa shape index (κ3) is 4.04. The molecule has 0 aromatic rings. The Labute approximate surface area is 99.8 Å². The van der Waals surface area contributed by atoms with Gasteiger partial charge in [0.2, 0.25) is 0 Å². The molecule has 1 fully saturated rings. The topological polar surface area (TPSA) is 32.7 Å². The van der Waals surface area contributed by atoms with Crippen LogP contribution in [0.1, 0.15) is 32.6 Å². The van der Waals surface area contributed by atoms with E-state index in [1.807, 2.05) is 0 Å². The van der Waals surface area contributed by atoms with Gasteiger partial charge in [0, 0.05) is 32.2 Å². The monoisotopic (exact) mass is 229 g/mol. The van der Waals surface area contributed by atoms with Crippen LogP contribution in [0.25, 0.3) is 0 Å². The van der Waals surface area contributed by atoms with E-state index in [9.17, 15) is 5.11 Å². The lowest BCUT2D eigenvalue weighted by Gasteiger charge is -2.41. The van der Waals surface area contributed by atoms with Crippen LogP contribution >= 0.6 is 0 Å². The summed E-state index contributed by atoms with van der Waals surface area (Å²) in [6, 6.07) is 0. The molecule has 0 heterocycles. The minimum Gasteiger partial charge on any atom is -0.396 e. The molecule has 2 atom stereocenters. The summed E-state index contributed by atoms with van der Waals surface area (Å²) in [6.07, 6.45) is 4.93. The molecular formula is C13H27NO2. The predicted molar refractivity (Wildman–Crippen MR) is 66.5 cm³/mol. The van der Waals surface area contributed by atoms with Crippen LogP contribution in [0.15, 0.2) is 0 Å². The van der Waals surface area contributed by atoms with E-state index in [-0.39, 0.29) is 5.41 Å². The molecule has 96 valence electrons. The second-order valence-corrected chi connectivity index (χ2v) is 5.59. The number of methoxy groups -OCH3 is 1. The van der Waals surface area contributed by atoms with Gasteiger partial charge >= 0.3 is 0 Å². The highest BCUT2D eigenvalue weighted by molar-refractivity contribution is 4.87. The fourth-order valence-corrected chi connectivity index (χ4v) is 3.00. The molecule has 2 unspecified atom stereocenters. The average Bonchev–Trinajstić information content (AvgIpc) is 2.26. The third-order valence-electron chi connectivity index (χ3n) is 3.80. The molecule has 0 aromatic heterocycles. The van der Waals surface area contributed by atoms with Crippen molar-refractivity contribution in [3.8, 4) is 0 Å². The van der Waals surface area contributed by atoms with Crippen molar-refractivity contribution in [2.45, 2.75) is 32.6 Å². The van der Waals surface area contributed by atoms with Gasteiger partial charge < -0.3 is 14.7 Å². The van der Waals surface area contributed by atoms with Crippen LogP contribution in [0.4, 0.5) is 0 Å². The summed E-state index contributed by atoms with van der Waals surface area (Å²) in [5.41, 5.74) is 0.139. The smallest absolute Gasteiger partial charge is 0.0589 e. The summed E-state index contributed by atoms with van der Waals surface area (Å²) in [4.78, 5) is 2.29. The molecule has 1 N–H and O–H groups in total. The van der Waals surface area contributed by atoms with Crippen molar-refractivity contribution in [3.63, 3.8) is 0 Å². The Kier molecular flexibility index (Phi) is 5.73. The van der Waals surface area contributed by atoms with Gasteiger partial charge in [-0.25, -0.2) is 0 Å². The Hall–Kier alpha value is -0.120. The van der Waals surface area contributed by atoms with E-state index in [2.05, 4.69) is 18.9 Å². The Balaban J connectivity index is 2.45. The molecule has 0 radical (unpaired) electrons. The van der Waals surface area contributed by atoms with Crippen LogP contribution in [-0.2, 0) is 4.74 Å². The van der Waals surface area contributed by atoms with E-state index >= 15 is 0 Å². The molecule has 1 rings (SSSR count). The largest absolute Gasteiger partial charge is 0.396 e. The first-order valence-electron chi connectivity index (χ1n) is 6.40. The lowest BCUT2D eigenvalue weighted by molar-refractivity contribution is 0.0250. The van der Waals surface area contributed by atoms with Gasteiger partial charge in [-0.3, -0.25) is 0 Å². The van der Waals surface area contributed by atoms with E-state index in [1.165, 1.54) is 25.7 Å². The van der Waals surface area contributed by atoms with Crippen molar-refractivity contribution in [2.75, 3.05) is 40.5 Å². The highest BCUT2D eigenvalue weighted by atomic mass is 16.5. The van der Waals surface area contributed by atoms with Gasteiger partial charge in [0.25, 0.3) is 0 Å². The lowest BCUT2D eigenvalue weighted by atomic mass is 9.70. The highest BCUT2D eigenvalue weighted by Gasteiger charge is 2.35. The molecule has 0 saturated heterocycles. The van der Waals surface area contributed by atoms with Gasteiger partial charge in [0.15, 0.2) is 0 Å². The zero-order valence-corrected chi connectivity index (χ0v) is 11.0. The van der Waals surface area contributed by atoms with E-state index in [1.54, 1.807) is 7.11 Å². The second-order valence-electron chi connectivity index (χ2n) is 5.59. The predicted octanol–water partition coefficient (Wildman–Crippen LogP) is 1.75. The molecule has 1 aliphatic rings. The molecule has 3 heteroatoms. The zero-order valence-electron chi connectivity index (χ0n) is 11.0. The normalized spacial score (nSPS) is 30.9. The minimum absolute atomic E-state index is 0.139. The van der Waals surface area contributed by atoms with Gasteiger partial charge in [0.1, 0.15) is 0 Å². The van der Waals surface area contributed by atoms with Gasteiger partial charge in [-0.15, -0.1) is 0 Å². The number of hydrogen-bond donors (Lipinski definition) is 1. The van der Waals surface area contributed by atoms with Crippen LogP contribution < -0.4 is 0 Å². The van der Waals surface area contributed by atoms with Crippen LogP contribution in [-0.4, -0.2) is 50.5 Å². The first-order chi connectivity index (χ1) is 7.62. The first-order valence-corrected chi connectivity index (χ1v) is 6.40. The second kappa shape index (κ2) is 6.58. The van der Waals surface area contributed by atoms with Gasteiger partial charge in [-0.1, -0.05) is 19.8 Å². The number of aliphatic hydroxyl groups excluding tert-OH is 1. The summed E-state index contributed by atoms with van der Waals surface area (Å²) >= 11 is 0. The first kappa shape index (κ1) is 13.9. The van der Waals surface area contributed by atoms with Crippen molar-refractivity contribution in [1.82, 2.24) is 4.90 Å². The third-order valence-corrected chi connectivity index (χ3v) is 3.80. The summed E-state index contributed by atoms with van der Waals surface area (Å²) in [7, 11) is 3.86. The van der Waals surface area contributed by atoms with Gasteiger partial charge in [-0.05, 0) is 25.8 Å². The van der Waals surface area contributed by atoms with Crippen LogP contribution in [0.5, 0.6) is 0 Å². The zero-order chi connectivity index (χ0) is 12.0. The van der Waals surface area contributed by atoms with E-state index < -0.39 is 0 Å². The Morgan fingerprint density at radius 2 is 2.25 bits per heavy atom. The molecule has 1 aliphatic carbocycles. The maximum atomic E-state index is 9.68. The number of aliphatic hydroxyl groups is 1. The maximum Gasteiger partial charge on any atom is 0.0589 e. The highest BCUT2D eigenvalue weighted by Crippen LogP contribution is 2.39. The molecule has 0 aromatic carbocycles. The van der Waals surface area contributed by atoms with Crippen molar-refractivity contribution >= 4 is 0 Å². The molecule has 0 spiro atoms. The Morgan fingerprint density at radius 1 is 1.50 bits per heavy atom. The lowest BCUT2D eigenvalue weighted by Crippen LogP contribution is -2.42. The average molecular weight is 229 g/mol. The summed E-state index contributed by atoms with van der Waals surface area (Å²) < 4.78 is 5.09. The fourth-order valence-electron chi connectivity index (χ4n) is 3.00. The van der Waals surface area contributed by atoms with Crippen LogP contribution in [0.2, 0.25) is 0 Å². The van der Waals surface area contributed by atoms with Crippen molar-refractivity contribution in [3.05, 3.63) is 0 Å². The van der Waals surface area contributed by atoms with E-state index in [0.29, 0.717) is 6.61 Å². The van der Waals surface area contributed by atoms with Crippen molar-refractivity contribution in [1.29, 1.82) is 0 Å². The molecule has 1 saturated carbocycles. The molecular weight excluding hydrogens is 202 g/mol. The molecule has 3 nitrogen and oxygen atoms in total. The van der Waals surface area contributed by atoms with Crippen LogP contribution in [0, 0.1) is 11.3 Å². The Bertz CT molecular complexity index is 198. The standard InChI is InChI=1S/C13H27NO2/c1-12-5-4-6-13(9-12,11-15)10-14(2)7-8-16-3/h12,15H,4-11H2,1-3H3. The summed E-state index contributed by atoms with van der Waals surface area (Å²) in [6.45, 7) is 5.35. The molecule has 0 amide bonds. The van der Waals surface area contributed by atoms with Gasteiger partial charge in [0.05, 0.1) is 6.61 Å². The van der Waals surface area contributed by atoms with Gasteiger partial charge in [-0.2, -0.15) is 0 Å². The number of hydrogen-bond acceptors (Lipinski definition) is 3. The Morgan fingerprint density at radius 3 is 2.81 bits per heavy atom. The number of likely N-dealkylation sites (N-methyl/N-ethyl adjacent to an activating group) is 1. The summed E-state index contributed by atoms with van der Waals surface area (Å²) in [5.74, 6) is 0.761. The van der Waals surface area contributed by atoms with E-state index in [4.69, 9.17) is 4.74 Å². The molecule has 0 bridgehead atoms. The quantitative estimate of drug-likeness (QED) is 0.753. The van der Waals surface area contributed by atoms with Crippen LogP contribution in [0.3, 0.4) is 0 Å². The SMILES string of the molecule is COCCN(C)CC1(CO)CCCC(C)C1. The number of ether oxygens (including phenoxy) is 1. The fraction of sp³-hybridized carbons (Fsp3) is 1.00. The number of rotatable bonds is 6. The maximum absolute atomic E-state index is 9.68. The van der Waals surface area contributed by atoms with E-state index in [0.717, 1.165) is 25.6 Å². The summed E-state index contributed by atoms with van der Waals surface area (Å²) in [5, 5.41) is 9.68. The minimum atomic E-state index is 0.139. The van der Waals surface area contributed by atoms with Crippen molar-refractivity contribution < 1.29 is 9.84 Å². The van der Waals surface area contributed by atoms with Crippen molar-refractivity contribution in [2.24, 2.45) is 11.3 Å². The molecule has 0 aliphatic heterocycles.